The maximum Gasteiger partial charge on any atom is 0.221 e. The first-order chi connectivity index (χ1) is 15.7. The standard InChI is InChI=1S/C25H24N4O2S/c1-31-21-14-12-19(13-15-21)22(16-23(30)26-17-18-8-4-2-5-9-18)32-25-27-24(28-29-25)20-10-6-3-7-11-20/h2-15,22H,16-17H2,1H3,(H,26,30)(H,27,28,29)/t22-/m1/s1. The van der Waals surface area contributed by atoms with Crippen molar-refractivity contribution in [3.8, 4) is 17.1 Å². The second-order valence-corrected chi connectivity index (χ2v) is 8.35. The Hall–Kier alpha value is -3.58. The van der Waals surface area contributed by atoms with Crippen molar-refractivity contribution in [2.45, 2.75) is 23.4 Å². The van der Waals surface area contributed by atoms with Gasteiger partial charge in [0.05, 0.1) is 7.11 Å². The molecule has 2 N–H and O–H groups in total. The fourth-order valence-electron chi connectivity index (χ4n) is 3.23. The second kappa shape index (κ2) is 10.6. The van der Waals surface area contributed by atoms with Crippen molar-refractivity contribution < 1.29 is 9.53 Å². The Bertz CT molecular complexity index is 1130. The predicted octanol–water partition coefficient (Wildman–Crippen LogP) is 5.02. The minimum absolute atomic E-state index is 0.0269. The molecule has 0 aliphatic heterocycles. The van der Waals surface area contributed by atoms with Crippen molar-refractivity contribution in [1.82, 2.24) is 20.5 Å². The zero-order valence-electron chi connectivity index (χ0n) is 17.7. The van der Waals surface area contributed by atoms with Gasteiger partial charge in [-0.15, -0.1) is 5.10 Å². The molecule has 4 aromatic rings. The Morgan fingerprint density at radius 2 is 1.69 bits per heavy atom. The number of ether oxygens (including phenoxy) is 1. The van der Waals surface area contributed by atoms with Crippen molar-refractivity contribution in [2.75, 3.05) is 7.11 Å². The number of aromatic nitrogens is 3. The predicted molar refractivity (Wildman–Crippen MR) is 126 cm³/mol. The van der Waals surface area contributed by atoms with Crippen LogP contribution in [-0.4, -0.2) is 28.2 Å². The molecule has 162 valence electrons. The van der Waals surface area contributed by atoms with Crippen molar-refractivity contribution in [2.24, 2.45) is 0 Å². The first kappa shape index (κ1) is 21.6. The number of nitrogens with zero attached hydrogens (tertiary/aromatic N) is 2. The van der Waals surface area contributed by atoms with Gasteiger partial charge in [-0.25, -0.2) is 4.98 Å². The van der Waals surface area contributed by atoms with Crippen LogP contribution in [0.2, 0.25) is 0 Å². The van der Waals surface area contributed by atoms with E-state index in [1.165, 1.54) is 11.8 Å². The highest BCUT2D eigenvalue weighted by molar-refractivity contribution is 7.99. The summed E-state index contributed by atoms with van der Waals surface area (Å²) in [6.07, 6.45) is 0.305. The molecule has 1 atom stereocenters. The minimum Gasteiger partial charge on any atom is -0.497 e. The number of carbonyl (C=O) groups excluding carboxylic acids is 1. The molecule has 0 saturated heterocycles. The molecule has 7 heteroatoms. The summed E-state index contributed by atoms with van der Waals surface area (Å²) in [7, 11) is 1.64. The molecule has 0 saturated carbocycles. The summed E-state index contributed by atoms with van der Waals surface area (Å²) in [5.74, 6) is 1.45. The Kier molecular flexibility index (Phi) is 7.19. The van der Waals surface area contributed by atoms with E-state index in [9.17, 15) is 4.79 Å². The van der Waals surface area contributed by atoms with Gasteiger partial charge < -0.3 is 10.1 Å². The van der Waals surface area contributed by atoms with E-state index in [0.29, 0.717) is 23.9 Å². The van der Waals surface area contributed by atoms with Crippen LogP contribution in [0.3, 0.4) is 0 Å². The van der Waals surface area contributed by atoms with E-state index in [1.54, 1.807) is 7.11 Å². The normalized spacial score (nSPS) is 11.7. The maximum atomic E-state index is 12.7. The Balaban J connectivity index is 1.48. The van der Waals surface area contributed by atoms with Crippen molar-refractivity contribution >= 4 is 17.7 Å². The lowest BCUT2D eigenvalue weighted by Crippen LogP contribution is -2.24. The molecule has 0 aliphatic carbocycles. The van der Waals surface area contributed by atoms with Crippen molar-refractivity contribution in [3.05, 3.63) is 96.1 Å². The molecule has 4 rings (SSSR count). The first-order valence-electron chi connectivity index (χ1n) is 10.3. The molecule has 1 aromatic heterocycles. The van der Waals surface area contributed by atoms with Gasteiger partial charge in [0.2, 0.25) is 11.1 Å². The number of hydrogen-bond donors (Lipinski definition) is 2. The number of H-pyrrole nitrogens is 1. The molecule has 1 heterocycles. The van der Waals surface area contributed by atoms with Crippen LogP contribution in [0.25, 0.3) is 11.4 Å². The summed E-state index contributed by atoms with van der Waals surface area (Å²) < 4.78 is 5.27. The summed E-state index contributed by atoms with van der Waals surface area (Å²) in [6, 6.07) is 27.5. The molecule has 0 bridgehead atoms. The molecular weight excluding hydrogens is 420 g/mol. The Morgan fingerprint density at radius 3 is 2.38 bits per heavy atom. The van der Waals surface area contributed by atoms with Gasteiger partial charge in [0.1, 0.15) is 5.75 Å². The molecule has 3 aromatic carbocycles. The van der Waals surface area contributed by atoms with Crippen LogP contribution in [-0.2, 0) is 11.3 Å². The average Bonchev–Trinajstić information content (AvgIpc) is 3.32. The fraction of sp³-hybridized carbons (Fsp3) is 0.160. The van der Waals surface area contributed by atoms with Crippen molar-refractivity contribution in [3.63, 3.8) is 0 Å². The number of carbonyl (C=O) groups is 1. The Morgan fingerprint density at radius 1 is 1.00 bits per heavy atom. The number of hydrogen-bond acceptors (Lipinski definition) is 5. The van der Waals surface area contributed by atoms with E-state index in [1.807, 2.05) is 84.9 Å². The molecule has 1 amide bonds. The van der Waals surface area contributed by atoms with E-state index in [0.717, 1.165) is 22.4 Å². The van der Waals surface area contributed by atoms with Gasteiger partial charge in [0, 0.05) is 23.8 Å². The third-order valence-corrected chi connectivity index (χ3v) is 6.07. The SMILES string of the molecule is COc1ccc([C@@H](CC(=O)NCc2ccccc2)Sc2n[nH]c(-c3ccccc3)n2)cc1. The van der Waals surface area contributed by atoms with Crippen LogP contribution >= 0.6 is 11.8 Å². The zero-order valence-corrected chi connectivity index (χ0v) is 18.5. The summed E-state index contributed by atoms with van der Waals surface area (Å²) in [5.41, 5.74) is 3.04. The summed E-state index contributed by atoms with van der Waals surface area (Å²) in [6.45, 7) is 0.498. The van der Waals surface area contributed by atoms with Gasteiger partial charge in [-0.05, 0) is 23.3 Å². The number of benzene rings is 3. The second-order valence-electron chi connectivity index (χ2n) is 7.18. The average molecular weight is 445 g/mol. The maximum absolute atomic E-state index is 12.7. The molecule has 0 radical (unpaired) electrons. The van der Waals surface area contributed by atoms with Crippen LogP contribution in [0.5, 0.6) is 5.75 Å². The van der Waals surface area contributed by atoms with Gasteiger partial charge in [-0.1, -0.05) is 84.6 Å². The number of aromatic amines is 1. The molecule has 32 heavy (non-hydrogen) atoms. The lowest BCUT2D eigenvalue weighted by molar-refractivity contribution is -0.121. The third kappa shape index (κ3) is 5.76. The van der Waals surface area contributed by atoms with Gasteiger partial charge in [0.15, 0.2) is 5.82 Å². The van der Waals surface area contributed by atoms with Gasteiger partial charge in [-0.2, -0.15) is 0 Å². The highest BCUT2D eigenvalue weighted by Gasteiger charge is 2.20. The van der Waals surface area contributed by atoms with E-state index >= 15 is 0 Å². The highest BCUT2D eigenvalue weighted by atomic mass is 32.2. The van der Waals surface area contributed by atoms with Crippen LogP contribution < -0.4 is 10.1 Å². The number of amides is 1. The lowest BCUT2D eigenvalue weighted by Gasteiger charge is -2.16. The fourth-order valence-corrected chi connectivity index (χ4v) is 4.26. The number of rotatable bonds is 9. The van der Waals surface area contributed by atoms with Crippen LogP contribution in [0, 0.1) is 0 Å². The van der Waals surface area contributed by atoms with E-state index < -0.39 is 0 Å². The molecule has 0 fully saturated rings. The Labute approximate surface area is 191 Å². The highest BCUT2D eigenvalue weighted by Crippen LogP contribution is 2.37. The number of methoxy groups -OCH3 is 1. The van der Waals surface area contributed by atoms with E-state index in [-0.39, 0.29) is 11.2 Å². The largest absolute Gasteiger partial charge is 0.497 e. The quantitative estimate of drug-likeness (QED) is 0.354. The summed E-state index contributed by atoms with van der Waals surface area (Å²) >= 11 is 1.47. The van der Waals surface area contributed by atoms with Crippen LogP contribution in [0.4, 0.5) is 0 Å². The summed E-state index contributed by atoms with van der Waals surface area (Å²) in [4.78, 5) is 17.4. The molecule has 0 spiro atoms. The van der Waals surface area contributed by atoms with E-state index in [2.05, 4.69) is 20.5 Å². The number of nitrogens with one attached hydrogen (secondary N) is 2. The topological polar surface area (TPSA) is 79.9 Å². The van der Waals surface area contributed by atoms with Gasteiger partial charge >= 0.3 is 0 Å². The van der Waals surface area contributed by atoms with Crippen LogP contribution in [0.15, 0.2) is 90.1 Å². The van der Waals surface area contributed by atoms with Gasteiger partial charge in [-0.3, -0.25) is 9.89 Å². The third-order valence-electron chi connectivity index (χ3n) is 4.95. The lowest BCUT2D eigenvalue weighted by atomic mass is 10.1. The molecule has 0 unspecified atom stereocenters. The summed E-state index contributed by atoms with van der Waals surface area (Å²) in [5, 5.41) is 10.8. The van der Waals surface area contributed by atoms with Crippen LogP contribution in [0.1, 0.15) is 22.8 Å². The van der Waals surface area contributed by atoms with Gasteiger partial charge in [0.25, 0.3) is 0 Å². The number of thioether (sulfide) groups is 1. The first-order valence-corrected chi connectivity index (χ1v) is 11.2. The monoisotopic (exact) mass is 444 g/mol. The smallest absolute Gasteiger partial charge is 0.221 e. The minimum atomic E-state index is -0.142. The molecule has 0 aliphatic rings. The van der Waals surface area contributed by atoms with E-state index in [4.69, 9.17) is 4.74 Å². The van der Waals surface area contributed by atoms with Crippen molar-refractivity contribution in [1.29, 1.82) is 0 Å². The molecule has 6 nitrogen and oxygen atoms in total. The zero-order chi connectivity index (χ0) is 22.2. The molecular formula is C25H24N4O2S.